The Labute approximate surface area is 94.8 Å². The molecule has 1 amide bonds. The van der Waals surface area contributed by atoms with E-state index in [0.29, 0.717) is 6.54 Å². The highest BCUT2D eigenvalue weighted by Crippen LogP contribution is 2.13. The van der Waals surface area contributed by atoms with Crippen molar-refractivity contribution in [1.82, 2.24) is 10.6 Å². The molecule has 6 nitrogen and oxygen atoms in total. The highest BCUT2D eigenvalue weighted by atomic mass is 19.4. The number of aliphatic carboxylic acids is 1. The predicted octanol–water partition coefficient (Wildman–Crippen LogP) is -1.05. The molecule has 1 saturated heterocycles. The lowest BCUT2D eigenvalue weighted by atomic mass is 10.0. The second-order valence-corrected chi connectivity index (χ2v) is 3.17. The summed E-state index contributed by atoms with van der Waals surface area (Å²) in [5.41, 5.74) is 0. The highest BCUT2D eigenvalue weighted by Gasteiger charge is 2.38. The molecular formula is C8H13F3N2O4. The minimum absolute atomic E-state index is 0.0197. The molecule has 0 radical (unpaired) electrons. The van der Waals surface area contributed by atoms with E-state index in [2.05, 4.69) is 10.6 Å². The van der Waals surface area contributed by atoms with Crippen LogP contribution >= 0.6 is 0 Å². The summed E-state index contributed by atoms with van der Waals surface area (Å²) in [6.45, 7) is 1.94. The molecule has 0 bridgehead atoms. The van der Waals surface area contributed by atoms with Crippen LogP contribution in [0.1, 0.15) is 0 Å². The Kier molecular flexibility index (Phi) is 6.51. The van der Waals surface area contributed by atoms with Gasteiger partial charge in [-0.15, -0.1) is 0 Å². The van der Waals surface area contributed by atoms with Crippen LogP contribution in [0, 0.1) is 5.92 Å². The van der Waals surface area contributed by atoms with E-state index in [1.54, 1.807) is 0 Å². The molecule has 0 aromatic rings. The van der Waals surface area contributed by atoms with E-state index in [0.717, 1.165) is 13.1 Å². The maximum Gasteiger partial charge on any atom is 0.490 e. The van der Waals surface area contributed by atoms with Crippen molar-refractivity contribution in [3.8, 4) is 0 Å². The summed E-state index contributed by atoms with van der Waals surface area (Å²) in [6.07, 6.45) is -5.08. The van der Waals surface area contributed by atoms with Crippen LogP contribution in [0.15, 0.2) is 0 Å². The van der Waals surface area contributed by atoms with Crippen LogP contribution in [-0.2, 0) is 9.59 Å². The SMILES string of the molecule is O=C(NCCO)C1CNC1.O=C(O)C(F)(F)F. The number of hydrogen-bond donors (Lipinski definition) is 4. The lowest BCUT2D eigenvalue weighted by Gasteiger charge is -2.25. The van der Waals surface area contributed by atoms with Gasteiger partial charge < -0.3 is 20.8 Å². The highest BCUT2D eigenvalue weighted by molar-refractivity contribution is 5.79. The summed E-state index contributed by atoms with van der Waals surface area (Å²) < 4.78 is 31.7. The van der Waals surface area contributed by atoms with E-state index >= 15 is 0 Å². The molecule has 1 aliphatic rings. The fraction of sp³-hybridized carbons (Fsp3) is 0.750. The van der Waals surface area contributed by atoms with Crippen molar-refractivity contribution in [3.63, 3.8) is 0 Å². The van der Waals surface area contributed by atoms with Crippen molar-refractivity contribution in [1.29, 1.82) is 0 Å². The van der Waals surface area contributed by atoms with Gasteiger partial charge in [0.25, 0.3) is 0 Å². The van der Waals surface area contributed by atoms with Gasteiger partial charge in [0, 0.05) is 19.6 Å². The van der Waals surface area contributed by atoms with Crippen molar-refractivity contribution in [2.24, 2.45) is 5.92 Å². The third-order valence-corrected chi connectivity index (χ3v) is 1.81. The number of halogens is 3. The molecule has 1 fully saturated rings. The minimum Gasteiger partial charge on any atom is -0.475 e. The number of carbonyl (C=O) groups excluding carboxylic acids is 1. The standard InChI is InChI=1S/C6H12N2O2.C2HF3O2/c9-2-1-8-6(10)5-3-7-4-5;3-2(4,5)1(6)7/h5,7,9H,1-4H2,(H,8,10);(H,6,7). The first-order valence-corrected chi connectivity index (χ1v) is 4.68. The van der Waals surface area contributed by atoms with E-state index in [-0.39, 0.29) is 18.4 Å². The Hall–Kier alpha value is -1.35. The average Bonchev–Trinajstić information content (AvgIpc) is 2.11. The predicted molar refractivity (Wildman–Crippen MR) is 50.1 cm³/mol. The topological polar surface area (TPSA) is 98.7 Å². The van der Waals surface area contributed by atoms with Crippen molar-refractivity contribution in [3.05, 3.63) is 0 Å². The molecule has 0 aliphatic carbocycles. The third kappa shape index (κ3) is 6.74. The van der Waals surface area contributed by atoms with Crippen LogP contribution in [0.5, 0.6) is 0 Å². The second-order valence-electron chi connectivity index (χ2n) is 3.17. The zero-order chi connectivity index (χ0) is 13.5. The molecule has 1 rings (SSSR count). The van der Waals surface area contributed by atoms with Gasteiger partial charge >= 0.3 is 12.1 Å². The van der Waals surface area contributed by atoms with Crippen LogP contribution in [-0.4, -0.2) is 54.5 Å². The van der Waals surface area contributed by atoms with Crippen LogP contribution < -0.4 is 10.6 Å². The number of aliphatic hydroxyl groups is 1. The Morgan fingerprint density at radius 2 is 1.82 bits per heavy atom. The average molecular weight is 258 g/mol. The smallest absolute Gasteiger partial charge is 0.475 e. The van der Waals surface area contributed by atoms with Gasteiger partial charge in [-0.05, 0) is 0 Å². The van der Waals surface area contributed by atoms with Gasteiger partial charge in [-0.3, -0.25) is 4.79 Å². The van der Waals surface area contributed by atoms with E-state index in [1.165, 1.54) is 0 Å². The minimum atomic E-state index is -5.08. The van der Waals surface area contributed by atoms with Crippen LogP contribution in [0.4, 0.5) is 13.2 Å². The molecule has 1 heterocycles. The van der Waals surface area contributed by atoms with Gasteiger partial charge in [-0.2, -0.15) is 13.2 Å². The number of aliphatic hydroxyl groups excluding tert-OH is 1. The normalized spacial score (nSPS) is 15.3. The summed E-state index contributed by atoms with van der Waals surface area (Å²) in [5.74, 6) is -2.58. The number of amides is 1. The number of alkyl halides is 3. The first-order valence-electron chi connectivity index (χ1n) is 4.68. The Balaban J connectivity index is 0.000000325. The number of carboxylic acid groups (broad SMARTS) is 1. The summed E-state index contributed by atoms with van der Waals surface area (Å²) in [7, 11) is 0. The molecular weight excluding hydrogens is 245 g/mol. The third-order valence-electron chi connectivity index (χ3n) is 1.81. The molecule has 100 valence electrons. The number of nitrogens with one attached hydrogen (secondary N) is 2. The van der Waals surface area contributed by atoms with E-state index in [4.69, 9.17) is 15.0 Å². The van der Waals surface area contributed by atoms with Gasteiger partial charge in [0.2, 0.25) is 5.91 Å². The van der Waals surface area contributed by atoms with Crippen LogP contribution in [0.2, 0.25) is 0 Å². The van der Waals surface area contributed by atoms with Crippen LogP contribution in [0.3, 0.4) is 0 Å². The molecule has 4 N–H and O–H groups in total. The number of rotatable bonds is 3. The largest absolute Gasteiger partial charge is 0.490 e. The van der Waals surface area contributed by atoms with E-state index in [9.17, 15) is 18.0 Å². The van der Waals surface area contributed by atoms with Gasteiger partial charge in [0.05, 0.1) is 12.5 Å². The summed E-state index contributed by atoms with van der Waals surface area (Å²) in [4.78, 5) is 19.8. The zero-order valence-electron chi connectivity index (χ0n) is 8.75. The maximum atomic E-state index is 10.9. The molecule has 0 aromatic heterocycles. The zero-order valence-corrected chi connectivity index (χ0v) is 8.75. The van der Waals surface area contributed by atoms with Crippen molar-refractivity contribution < 1.29 is 33.0 Å². The summed E-state index contributed by atoms with van der Waals surface area (Å²) >= 11 is 0. The molecule has 17 heavy (non-hydrogen) atoms. The number of carbonyl (C=O) groups is 2. The maximum absolute atomic E-state index is 10.9. The van der Waals surface area contributed by atoms with Crippen molar-refractivity contribution in [2.45, 2.75) is 6.18 Å². The van der Waals surface area contributed by atoms with Crippen molar-refractivity contribution >= 4 is 11.9 Å². The number of hydrogen-bond acceptors (Lipinski definition) is 4. The van der Waals surface area contributed by atoms with Gasteiger partial charge in [-0.1, -0.05) is 0 Å². The molecule has 9 heteroatoms. The fourth-order valence-corrected chi connectivity index (χ4v) is 0.798. The molecule has 0 aromatic carbocycles. The Bertz CT molecular complexity index is 266. The second kappa shape index (κ2) is 7.07. The molecule has 0 unspecified atom stereocenters. The molecule has 0 atom stereocenters. The Morgan fingerprint density at radius 1 is 1.35 bits per heavy atom. The van der Waals surface area contributed by atoms with Gasteiger partial charge in [-0.25, -0.2) is 4.79 Å². The molecule has 1 aliphatic heterocycles. The monoisotopic (exact) mass is 258 g/mol. The first kappa shape index (κ1) is 15.7. The molecule has 0 spiro atoms. The summed E-state index contributed by atoms with van der Waals surface area (Å²) in [5, 5.41) is 21.1. The lowest BCUT2D eigenvalue weighted by molar-refractivity contribution is -0.192. The van der Waals surface area contributed by atoms with E-state index in [1.807, 2.05) is 0 Å². The van der Waals surface area contributed by atoms with Crippen LogP contribution in [0.25, 0.3) is 0 Å². The summed E-state index contributed by atoms with van der Waals surface area (Å²) in [6, 6.07) is 0. The first-order chi connectivity index (χ1) is 7.79. The molecule has 0 saturated carbocycles. The number of carboxylic acids is 1. The Morgan fingerprint density at radius 3 is 2.06 bits per heavy atom. The van der Waals surface area contributed by atoms with Gasteiger partial charge in [0.1, 0.15) is 0 Å². The van der Waals surface area contributed by atoms with Crippen molar-refractivity contribution in [2.75, 3.05) is 26.2 Å². The van der Waals surface area contributed by atoms with Gasteiger partial charge in [0.15, 0.2) is 0 Å². The fourth-order valence-electron chi connectivity index (χ4n) is 0.798. The lowest BCUT2D eigenvalue weighted by Crippen LogP contribution is -2.51. The quantitative estimate of drug-likeness (QED) is 0.517. The van der Waals surface area contributed by atoms with E-state index < -0.39 is 12.1 Å².